The molecule has 0 unspecified atom stereocenters. The Kier molecular flexibility index (Phi) is 4.52. The highest BCUT2D eigenvalue weighted by Gasteiger charge is 2.52. The van der Waals surface area contributed by atoms with Crippen molar-refractivity contribution in [3.05, 3.63) is 65.0 Å². The van der Waals surface area contributed by atoms with Crippen molar-refractivity contribution in [2.75, 3.05) is 11.9 Å². The van der Waals surface area contributed by atoms with E-state index in [9.17, 15) is 22.8 Å². The summed E-state index contributed by atoms with van der Waals surface area (Å²) in [6.45, 7) is 1.59. The quantitative estimate of drug-likeness (QED) is 0.655. The molecule has 2 aromatic carbocycles. The number of aryl methyl sites for hydroxylation is 1. The minimum atomic E-state index is -2.10. The van der Waals surface area contributed by atoms with Gasteiger partial charge in [-0.3, -0.25) is 9.59 Å². The SMILES string of the molecule is [B][C@]1(C(=O)Nc2cccc(F)c2F)C(=O)NC[C@@H]1c1ccc(C)c(F)c1. The standard InChI is InChI=1S/C18H14BF3N2O2/c1-9-5-6-10(7-13(9)21)11-8-23-16(25)18(11,19)17(26)24-14-4-2-3-12(20)15(14)22/h2-7,11H,8H2,1H3,(H,23,25)(H,24,26)/t11-,18+/m1/s1. The van der Waals surface area contributed by atoms with Crippen molar-refractivity contribution in [1.29, 1.82) is 0 Å². The van der Waals surface area contributed by atoms with Crippen LogP contribution in [0.15, 0.2) is 36.4 Å². The van der Waals surface area contributed by atoms with E-state index in [0.29, 0.717) is 11.1 Å². The summed E-state index contributed by atoms with van der Waals surface area (Å²) in [5, 5.41) is 2.53. The number of carbonyl (C=O) groups is 2. The van der Waals surface area contributed by atoms with E-state index in [1.54, 1.807) is 13.0 Å². The number of nitrogens with one attached hydrogen (secondary N) is 2. The van der Waals surface area contributed by atoms with E-state index >= 15 is 0 Å². The zero-order chi connectivity index (χ0) is 19.1. The normalized spacial score (nSPS) is 22.2. The van der Waals surface area contributed by atoms with Crippen molar-refractivity contribution in [2.45, 2.75) is 18.2 Å². The molecule has 1 heterocycles. The fraction of sp³-hybridized carbons (Fsp3) is 0.222. The number of amides is 2. The molecule has 2 amide bonds. The first-order chi connectivity index (χ1) is 12.2. The number of rotatable bonds is 3. The molecule has 0 aliphatic carbocycles. The van der Waals surface area contributed by atoms with Crippen LogP contribution >= 0.6 is 0 Å². The number of carbonyl (C=O) groups excluding carboxylic acids is 2. The van der Waals surface area contributed by atoms with Gasteiger partial charge < -0.3 is 10.6 Å². The zero-order valence-electron chi connectivity index (χ0n) is 13.8. The highest BCUT2D eigenvalue weighted by atomic mass is 19.2. The topological polar surface area (TPSA) is 58.2 Å². The summed E-state index contributed by atoms with van der Waals surface area (Å²) in [6, 6.07) is 7.53. The zero-order valence-corrected chi connectivity index (χ0v) is 13.8. The first-order valence-corrected chi connectivity index (χ1v) is 7.84. The van der Waals surface area contributed by atoms with Gasteiger partial charge in [-0.15, -0.1) is 0 Å². The van der Waals surface area contributed by atoms with Gasteiger partial charge in [-0.25, -0.2) is 13.2 Å². The molecule has 26 heavy (non-hydrogen) atoms. The van der Waals surface area contributed by atoms with Gasteiger partial charge in [-0.2, -0.15) is 0 Å². The number of anilines is 1. The molecule has 0 saturated carbocycles. The van der Waals surface area contributed by atoms with Crippen LogP contribution in [0.3, 0.4) is 0 Å². The van der Waals surface area contributed by atoms with E-state index < -0.39 is 46.2 Å². The molecule has 8 heteroatoms. The molecule has 1 fully saturated rings. The minimum absolute atomic E-state index is 0.0108. The second-order valence-corrected chi connectivity index (χ2v) is 6.20. The molecule has 1 aliphatic rings. The summed E-state index contributed by atoms with van der Waals surface area (Å²) in [7, 11) is 6.08. The Labute approximate surface area is 149 Å². The summed E-state index contributed by atoms with van der Waals surface area (Å²) >= 11 is 0. The lowest BCUT2D eigenvalue weighted by Gasteiger charge is -2.28. The predicted octanol–water partition coefficient (Wildman–Crippen LogP) is 2.59. The van der Waals surface area contributed by atoms with Crippen molar-refractivity contribution in [3.8, 4) is 0 Å². The molecule has 2 radical (unpaired) electrons. The molecular formula is C18H14BF3N2O2. The Morgan fingerprint density at radius 1 is 1.23 bits per heavy atom. The molecule has 2 atom stereocenters. The van der Waals surface area contributed by atoms with Crippen LogP contribution in [0.5, 0.6) is 0 Å². The summed E-state index contributed by atoms with van der Waals surface area (Å²) in [6.07, 6.45) is 0. The van der Waals surface area contributed by atoms with Crippen molar-refractivity contribution in [3.63, 3.8) is 0 Å². The Morgan fingerprint density at radius 3 is 2.65 bits per heavy atom. The second kappa shape index (κ2) is 6.51. The number of benzene rings is 2. The number of hydrogen-bond acceptors (Lipinski definition) is 2. The van der Waals surface area contributed by atoms with Crippen molar-refractivity contribution >= 4 is 25.3 Å². The van der Waals surface area contributed by atoms with Crippen LogP contribution in [0.2, 0.25) is 5.31 Å². The maximum atomic E-state index is 13.9. The van der Waals surface area contributed by atoms with Crippen LogP contribution in [-0.2, 0) is 9.59 Å². The monoisotopic (exact) mass is 358 g/mol. The average molecular weight is 358 g/mol. The van der Waals surface area contributed by atoms with E-state index in [1.807, 2.05) is 0 Å². The fourth-order valence-corrected chi connectivity index (χ4v) is 2.95. The Morgan fingerprint density at radius 2 is 1.96 bits per heavy atom. The molecular weight excluding hydrogens is 344 g/mol. The summed E-state index contributed by atoms with van der Waals surface area (Å²) < 4.78 is 41.0. The molecule has 2 aromatic rings. The molecule has 0 bridgehead atoms. The van der Waals surface area contributed by atoms with Crippen molar-refractivity contribution in [1.82, 2.24) is 5.32 Å². The molecule has 1 aliphatic heterocycles. The van der Waals surface area contributed by atoms with E-state index in [1.165, 1.54) is 18.2 Å². The highest BCUT2D eigenvalue weighted by Crippen LogP contribution is 2.45. The van der Waals surface area contributed by atoms with Gasteiger partial charge in [0.15, 0.2) is 11.6 Å². The summed E-state index contributed by atoms with van der Waals surface area (Å²) in [4.78, 5) is 24.9. The van der Waals surface area contributed by atoms with Crippen molar-refractivity contribution in [2.24, 2.45) is 0 Å². The lowest BCUT2D eigenvalue weighted by Crippen LogP contribution is -2.39. The summed E-state index contributed by atoms with van der Waals surface area (Å²) in [5.41, 5.74) is 0.317. The second-order valence-electron chi connectivity index (χ2n) is 6.20. The maximum absolute atomic E-state index is 13.9. The average Bonchev–Trinajstić information content (AvgIpc) is 2.91. The smallest absolute Gasteiger partial charge is 0.231 e. The number of hydrogen-bond donors (Lipinski definition) is 2. The van der Waals surface area contributed by atoms with Crippen molar-refractivity contribution < 1.29 is 22.8 Å². The van der Waals surface area contributed by atoms with Crippen LogP contribution in [0, 0.1) is 24.4 Å². The third kappa shape index (κ3) is 2.85. The van der Waals surface area contributed by atoms with Gasteiger partial charge in [0.1, 0.15) is 13.7 Å². The van der Waals surface area contributed by atoms with Crippen LogP contribution in [0.4, 0.5) is 18.9 Å². The Bertz CT molecular complexity index is 906. The lowest BCUT2D eigenvalue weighted by molar-refractivity contribution is -0.129. The van der Waals surface area contributed by atoms with E-state index in [4.69, 9.17) is 7.85 Å². The van der Waals surface area contributed by atoms with E-state index in [-0.39, 0.29) is 6.54 Å². The highest BCUT2D eigenvalue weighted by molar-refractivity contribution is 6.44. The molecule has 4 nitrogen and oxygen atoms in total. The van der Waals surface area contributed by atoms with Crippen LogP contribution in [-0.4, -0.2) is 26.2 Å². The molecule has 0 aromatic heterocycles. The lowest BCUT2D eigenvalue weighted by atomic mass is 9.59. The van der Waals surface area contributed by atoms with Gasteiger partial charge in [-0.05, 0) is 36.2 Å². The number of halogens is 3. The Hall–Kier alpha value is -2.77. The van der Waals surface area contributed by atoms with Crippen LogP contribution < -0.4 is 10.6 Å². The first kappa shape index (κ1) is 18.0. The third-order valence-corrected chi connectivity index (χ3v) is 4.57. The van der Waals surface area contributed by atoms with Gasteiger partial charge >= 0.3 is 0 Å². The fourth-order valence-electron chi connectivity index (χ4n) is 2.95. The van der Waals surface area contributed by atoms with Gasteiger partial charge in [0.2, 0.25) is 11.8 Å². The van der Waals surface area contributed by atoms with Crippen LogP contribution in [0.1, 0.15) is 17.0 Å². The largest absolute Gasteiger partial charge is 0.355 e. The van der Waals surface area contributed by atoms with E-state index in [2.05, 4.69) is 10.6 Å². The maximum Gasteiger partial charge on any atom is 0.231 e. The molecule has 132 valence electrons. The van der Waals surface area contributed by atoms with Gasteiger partial charge in [-0.1, -0.05) is 18.2 Å². The predicted molar refractivity (Wildman–Crippen MR) is 90.3 cm³/mol. The van der Waals surface area contributed by atoms with Gasteiger partial charge in [0.25, 0.3) is 0 Å². The van der Waals surface area contributed by atoms with Crippen LogP contribution in [0.25, 0.3) is 0 Å². The first-order valence-electron chi connectivity index (χ1n) is 7.84. The minimum Gasteiger partial charge on any atom is -0.355 e. The third-order valence-electron chi connectivity index (χ3n) is 4.57. The molecule has 0 spiro atoms. The molecule has 3 rings (SSSR count). The van der Waals surface area contributed by atoms with Gasteiger partial charge in [0.05, 0.1) is 11.0 Å². The molecule has 1 saturated heterocycles. The Balaban J connectivity index is 1.96. The van der Waals surface area contributed by atoms with E-state index in [0.717, 1.165) is 12.1 Å². The van der Waals surface area contributed by atoms with Gasteiger partial charge in [0, 0.05) is 12.5 Å². The summed E-state index contributed by atoms with van der Waals surface area (Å²) in [5.74, 6) is -5.58. The molecule has 2 N–H and O–H groups in total.